The minimum Gasteiger partial charge on any atom is -0.379 e. The number of nitrogens with zero attached hydrogens (tertiary/aromatic N) is 1. The van der Waals surface area contributed by atoms with E-state index in [4.69, 9.17) is 15.7 Å². The van der Waals surface area contributed by atoms with Gasteiger partial charge in [-0.15, -0.1) is 12.4 Å². The second-order valence-electron chi connectivity index (χ2n) is 2.46. The zero-order valence-electron chi connectivity index (χ0n) is 7.46. The lowest BCUT2D eigenvalue weighted by molar-refractivity contribution is 0.392. The molecule has 4 nitrogen and oxygen atoms in total. The smallest absolute Gasteiger partial charge is 0.151 e. The van der Waals surface area contributed by atoms with Crippen LogP contribution < -0.4 is 5.73 Å². The molecule has 0 aliphatic heterocycles. The molecule has 0 aliphatic carbocycles. The van der Waals surface area contributed by atoms with Crippen LogP contribution in [-0.4, -0.2) is 10.3 Å². The first-order chi connectivity index (χ1) is 5.61. The topological polar surface area (TPSA) is 75.9 Å². The third-order valence-electron chi connectivity index (χ3n) is 1.55. The van der Waals surface area contributed by atoms with E-state index in [0.29, 0.717) is 5.75 Å². The van der Waals surface area contributed by atoms with Crippen LogP contribution in [0.1, 0.15) is 17.0 Å². The average molecular weight is 222 g/mol. The van der Waals surface area contributed by atoms with Gasteiger partial charge in [0, 0.05) is 11.3 Å². The molecule has 0 spiro atoms. The van der Waals surface area contributed by atoms with Gasteiger partial charge in [-0.25, -0.2) is 0 Å². The highest BCUT2D eigenvalue weighted by Crippen LogP contribution is 2.18. The minimum atomic E-state index is 0. The van der Waals surface area contributed by atoms with Gasteiger partial charge in [-0.3, -0.25) is 5.41 Å². The van der Waals surface area contributed by atoms with Crippen LogP contribution in [0.2, 0.25) is 0 Å². The largest absolute Gasteiger partial charge is 0.379 e. The molecule has 0 atom stereocenters. The normalized spacial score (nSPS) is 9.38. The maximum Gasteiger partial charge on any atom is 0.151 e. The van der Waals surface area contributed by atoms with Crippen LogP contribution in [0.15, 0.2) is 4.52 Å². The molecule has 13 heavy (non-hydrogen) atoms. The average Bonchev–Trinajstić information content (AvgIpc) is 2.28. The fourth-order valence-corrected chi connectivity index (χ4v) is 1.57. The molecule has 0 aliphatic rings. The number of halogens is 1. The Morgan fingerprint density at radius 3 is 2.62 bits per heavy atom. The number of thioether (sulfide) groups is 1. The fourth-order valence-electron chi connectivity index (χ4n) is 0.858. The lowest BCUT2D eigenvalue weighted by atomic mass is 10.2. The highest BCUT2D eigenvalue weighted by molar-refractivity contribution is 8.13. The molecule has 1 heterocycles. The molecule has 6 heteroatoms. The highest BCUT2D eigenvalue weighted by atomic mass is 35.5. The summed E-state index contributed by atoms with van der Waals surface area (Å²) in [5, 5.41) is 10.9. The van der Waals surface area contributed by atoms with Crippen molar-refractivity contribution in [1.29, 1.82) is 5.41 Å². The number of aromatic nitrogens is 1. The zero-order valence-corrected chi connectivity index (χ0v) is 9.09. The molecule has 0 radical (unpaired) electrons. The molecule has 0 amide bonds. The molecule has 74 valence electrons. The summed E-state index contributed by atoms with van der Waals surface area (Å²) in [7, 11) is 0. The molecule has 0 bridgehead atoms. The van der Waals surface area contributed by atoms with Gasteiger partial charge in [0.1, 0.15) is 5.76 Å². The summed E-state index contributed by atoms with van der Waals surface area (Å²) in [5.74, 6) is 1.47. The van der Waals surface area contributed by atoms with E-state index in [-0.39, 0.29) is 17.6 Å². The summed E-state index contributed by atoms with van der Waals surface area (Å²) < 4.78 is 4.95. The SMILES string of the molecule is Cc1noc(C)c1CSC(=N)N.Cl. The first-order valence-corrected chi connectivity index (χ1v) is 4.48. The van der Waals surface area contributed by atoms with Crippen molar-refractivity contribution >= 4 is 29.3 Å². The van der Waals surface area contributed by atoms with Crippen molar-refractivity contribution in [3.05, 3.63) is 17.0 Å². The summed E-state index contributed by atoms with van der Waals surface area (Å²) in [6.45, 7) is 3.74. The Hall–Kier alpha value is -0.680. The first-order valence-electron chi connectivity index (χ1n) is 3.50. The fraction of sp³-hybridized carbons (Fsp3) is 0.429. The van der Waals surface area contributed by atoms with Crippen LogP contribution in [0, 0.1) is 19.3 Å². The van der Waals surface area contributed by atoms with Crippen LogP contribution in [0.25, 0.3) is 0 Å². The van der Waals surface area contributed by atoms with E-state index in [2.05, 4.69) is 5.16 Å². The molecule has 1 aromatic heterocycles. The van der Waals surface area contributed by atoms with Crippen molar-refractivity contribution in [3.8, 4) is 0 Å². The summed E-state index contributed by atoms with van der Waals surface area (Å²) >= 11 is 1.28. The summed E-state index contributed by atoms with van der Waals surface area (Å²) in [5.41, 5.74) is 7.12. The predicted molar refractivity (Wildman–Crippen MR) is 56.4 cm³/mol. The van der Waals surface area contributed by atoms with E-state index in [1.54, 1.807) is 0 Å². The number of aryl methyl sites for hydroxylation is 2. The second-order valence-corrected chi connectivity index (χ2v) is 3.47. The van der Waals surface area contributed by atoms with Gasteiger partial charge in [0.25, 0.3) is 0 Å². The Morgan fingerprint density at radius 2 is 2.23 bits per heavy atom. The molecular weight excluding hydrogens is 210 g/mol. The molecule has 0 fully saturated rings. The van der Waals surface area contributed by atoms with Gasteiger partial charge in [0.05, 0.1) is 5.69 Å². The number of nitrogens with two attached hydrogens (primary N) is 1. The third-order valence-corrected chi connectivity index (χ3v) is 2.30. The first kappa shape index (κ1) is 12.3. The Balaban J connectivity index is 0.00000144. The van der Waals surface area contributed by atoms with E-state index < -0.39 is 0 Å². The molecule has 0 unspecified atom stereocenters. The summed E-state index contributed by atoms with van der Waals surface area (Å²) in [6.07, 6.45) is 0. The van der Waals surface area contributed by atoms with Crippen LogP contribution in [0.5, 0.6) is 0 Å². The highest BCUT2D eigenvalue weighted by Gasteiger charge is 2.08. The minimum absolute atomic E-state index is 0. The number of hydrogen-bond acceptors (Lipinski definition) is 4. The molecule has 1 aromatic rings. The van der Waals surface area contributed by atoms with Crippen LogP contribution in [0.4, 0.5) is 0 Å². The summed E-state index contributed by atoms with van der Waals surface area (Å²) in [4.78, 5) is 0. The molecule has 0 saturated heterocycles. The molecule has 0 saturated carbocycles. The predicted octanol–water partition coefficient (Wildman–Crippen LogP) is 1.84. The third kappa shape index (κ3) is 3.28. The van der Waals surface area contributed by atoms with E-state index in [1.807, 2.05) is 13.8 Å². The van der Waals surface area contributed by atoms with Crippen LogP contribution in [-0.2, 0) is 5.75 Å². The zero-order chi connectivity index (χ0) is 9.14. The van der Waals surface area contributed by atoms with Crippen molar-refractivity contribution in [1.82, 2.24) is 5.16 Å². The van der Waals surface area contributed by atoms with E-state index in [9.17, 15) is 0 Å². The van der Waals surface area contributed by atoms with Gasteiger partial charge in [0.15, 0.2) is 5.17 Å². The Morgan fingerprint density at radius 1 is 1.62 bits per heavy atom. The Kier molecular flexibility index (Phi) is 4.87. The molecule has 1 rings (SSSR count). The number of hydrogen-bond donors (Lipinski definition) is 2. The maximum absolute atomic E-state index is 7.03. The van der Waals surface area contributed by atoms with Crippen LogP contribution in [0.3, 0.4) is 0 Å². The Labute approximate surface area is 87.2 Å². The monoisotopic (exact) mass is 221 g/mol. The molecule has 3 N–H and O–H groups in total. The van der Waals surface area contributed by atoms with E-state index in [0.717, 1.165) is 17.0 Å². The second kappa shape index (κ2) is 5.14. The lowest BCUT2D eigenvalue weighted by Crippen LogP contribution is -2.04. The van der Waals surface area contributed by atoms with Gasteiger partial charge >= 0.3 is 0 Å². The number of nitrogens with one attached hydrogen (secondary N) is 1. The van der Waals surface area contributed by atoms with Gasteiger partial charge in [-0.2, -0.15) is 0 Å². The van der Waals surface area contributed by atoms with Gasteiger partial charge in [-0.05, 0) is 13.8 Å². The van der Waals surface area contributed by atoms with Gasteiger partial charge < -0.3 is 10.3 Å². The van der Waals surface area contributed by atoms with Crippen molar-refractivity contribution < 1.29 is 4.52 Å². The van der Waals surface area contributed by atoms with Crippen molar-refractivity contribution in [3.63, 3.8) is 0 Å². The standard InChI is InChI=1S/C7H11N3OS.ClH/c1-4-6(3-12-7(8)9)5(2)11-10-4;/h3H2,1-2H3,(H3,8,9);1H. The van der Waals surface area contributed by atoms with Crippen molar-refractivity contribution in [2.24, 2.45) is 5.73 Å². The lowest BCUT2D eigenvalue weighted by Gasteiger charge is -1.96. The maximum atomic E-state index is 7.03. The van der Waals surface area contributed by atoms with Gasteiger partial charge in [0.2, 0.25) is 0 Å². The van der Waals surface area contributed by atoms with Crippen molar-refractivity contribution in [2.45, 2.75) is 19.6 Å². The van der Waals surface area contributed by atoms with Crippen LogP contribution >= 0.6 is 24.2 Å². The van der Waals surface area contributed by atoms with E-state index >= 15 is 0 Å². The Bertz CT molecular complexity index is 280. The number of amidine groups is 1. The summed E-state index contributed by atoms with van der Waals surface area (Å²) in [6, 6.07) is 0. The van der Waals surface area contributed by atoms with E-state index in [1.165, 1.54) is 11.8 Å². The number of rotatable bonds is 2. The molecular formula is C7H12ClN3OS. The quantitative estimate of drug-likeness (QED) is 0.590. The van der Waals surface area contributed by atoms with Gasteiger partial charge in [-0.1, -0.05) is 16.9 Å². The van der Waals surface area contributed by atoms with Crippen molar-refractivity contribution in [2.75, 3.05) is 0 Å². The molecule has 0 aromatic carbocycles.